The third-order valence-corrected chi connectivity index (χ3v) is 4.62. The first-order valence-corrected chi connectivity index (χ1v) is 8.34. The molecular formula is C18H22N4O2. The van der Waals surface area contributed by atoms with Gasteiger partial charge in [-0.25, -0.2) is 9.97 Å². The number of ether oxygens (including phenoxy) is 2. The highest BCUT2D eigenvalue weighted by atomic mass is 16.5. The molecule has 1 aromatic carbocycles. The summed E-state index contributed by atoms with van der Waals surface area (Å²) < 4.78 is 10.8. The lowest BCUT2D eigenvalue weighted by Gasteiger charge is -2.30. The van der Waals surface area contributed by atoms with E-state index in [9.17, 15) is 0 Å². The summed E-state index contributed by atoms with van der Waals surface area (Å²) in [7, 11) is 3.35. The molecule has 0 amide bonds. The normalized spacial score (nSPS) is 16.5. The number of benzene rings is 1. The first-order chi connectivity index (χ1) is 11.8. The van der Waals surface area contributed by atoms with Crippen molar-refractivity contribution in [2.24, 2.45) is 0 Å². The summed E-state index contributed by atoms with van der Waals surface area (Å²) in [5, 5.41) is 3.43. The van der Waals surface area contributed by atoms with Crippen LogP contribution in [0.4, 0.5) is 11.6 Å². The molecule has 1 fully saturated rings. The van der Waals surface area contributed by atoms with Crippen molar-refractivity contribution in [3.8, 4) is 11.5 Å². The van der Waals surface area contributed by atoms with E-state index in [1.807, 2.05) is 6.07 Å². The second-order valence-corrected chi connectivity index (χ2v) is 6.33. The van der Waals surface area contributed by atoms with Crippen LogP contribution in [0.5, 0.6) is 11.5 Å². The van der Waals surface area contributed by atoms with Gasteiger partial charge in [0.25, 0.3) is 0 Å². The number of anilines is 2. The standard InChI is InChI=1S/C18H22N4O2/c1-23-15-7-12-5-6-22(10-13(12)8-16(15)24-2)18-9-17(19-11-20-18)21-14-3-4-14/h7-9,11,14H,3-6,10H2,1-2H3,(H,19,20,21). The lowest BCUT2D eigenvalue weighted by Crippen LogP contribution is -2.31. The minimum Gasteiger partial charge on any atom is -0.493 e. The summed E-state index contributed by atoms with van der Waals surface area (Å²) in [4.78, 5) is 11.1. The predicted octanol–water partition coefficient (Wildman–Crippen LogP) is 2.63. The van der Waals surface area contributed by atoms with Crippen molar-refractivity contribution in [1.82, 2.24) is 9.97 Å². The number of hydrogen-bond donors (Lipinski definition) is 1. The minimum absolute atomic E-state index is 0.589. The molecule has 2 aromatic rings. The number of rotatable bonds is 5. The molecule has 0 unspecified atom stereocenters. The van der Waals surface area contributed by atoms with Crippen LogP contribution in [-0.4, -0.2) is 36.8 Å². The molecule has 126 valence electrons. The molecule has 1 aromatic heterocycles. The Bertz CT molecular complexity index is 746. The zero-order chi connectivity index (χ0) is 16.5. The summed E-state index contributed by atoms with van der Waals surface area (Å²) in [6.45, 7) is 1.75. The molecule has 2 aliphatic rings. The zero-order valence-electron chi connectivity index (χ0n) is 14.1. The fourth-order valence-electron chi connectivity index (χ4n) is 3.11. The van der Waals surface area contributed by atoms with Crippen molar-refractivity contribution >= 4 is 11.6 Å². The summed E-state index contributed by atoms with van der Waals surface area (Å²) in [6.07, 6.45) is 5.07. The second kappa shape index (κ2) is 6.19. The summed E-state index contributed by atoms with van der Waals surface area (Å²) in [5.41, 5.74) is 2.57. The van der Waals surface area contributed by atoms with Gasteiger partial charge in [-0.15, -0.1) is 0 Å². The Kier molecular flexibility index (Phi) is 3.88. The van der Waals surface area contributed by atoms with E-state index in [0.29, 0.717) is 6.04 Å². The van der Waals surface area contributed by atoms with Gasteiger partial charge in [0.2, 0.25) is 0 Å². The number of methoxy groups -OCH3 is 2. The van der Waals surface area contributed by atoms with Crippen LogP contribution in [0.3, 0.4) is 0 Å². The molecule has 0 bridgehead atoms. The molecule has 6 heteroatoms. The van der Waals surface area contributed by atoms with E-state index in [0.717, 1.165) is 42.6 Å². The summed E-state index contributed by atoms with van der Waals surface area (Å²) in [5.74, 6) is 3.45. The molecule has 1 saturated carbocycles. The third kappa shape index (κ3) is 2.96. The fraction of sp³-hybridized carbons (Fsp3) is 0.444. The number of fused-ring (bicyclic) bond motifs is 1. The van der Waals surface area contributed by atoms with Crippen LogP contribution in [0.1, 0.15) is 24.0 Å². The predicted molar refractivity (Wildman–Crippen MR) is 93.0 cm³/mol. The molecule has 1 aliphatic heterocycles. The van der Waals surface area contributed by atoms with Crippen LogP contribution < -0.4 is 19.7 Å². The molecule has 4 rings (SSSR count). The van der Waals surface area contributed by atoms with Crippen molar-refractivity contribution in [3.63, 3.8) is 0 Å². The highest BCUT2D eigenvalue weighted by Crippen LogP contribution is 2.34. The number of nitrogens with zero attached hydrogens (tertiary/aromatic N) is 3. The highest BCUT2D eigenvalue weighted by Gasteiger charge is 2.23. The molecule has 0 spiro atoms. The largest absolute Gasteiger partial charge is 0.493 e. The van der Waals surface area contributed by atoms with E-state index in [1.165, 1.54) is 24.0 Å². The average molecular weight is 326 g/mol. The molecule has 0 radical (unpaired) electrons. The van der Waals surface area contributed by atoms with Crippen molar-refractivity contribution in [2.75, 3.05) is 31.0 Å². The monoisotopic (exact) mass is 326 g/mol. The molecule has 1 N–H and O–H groups in total. The van der Waals surface area contributed by atoms with Crippen LogP contribution in [0.15, 0.2) is 24.5 Å². The Labute approximate surface area is 141 Å². The number of nitrogens with one attached hydrogen (secondary N) is 1. The maximum Gasteiger partial charge on any atom is 0.161 e. The second-order valence-electron chi connectivity index (χ2n) is 6.33. The van der Waals surface area contributed by atoms with Gasteiger partial charge in [-0.05, 0) is 42.5 Å². The lowest BCUT2D eigenvalue weighted by atomic mass is 9.99. The van der Waals surface area contributed by atoms with Crippen molar-refractivity contribution < 1.29 is 9.47 Å². The molecular weight excluding hydrogens is 304 g/mol. The van der Waals surface area contributed by atoms with Crippen molar-refractivity contribution in [2.45, 2.75) is 31.8 Å². The highest BCUT2D eigenvalue weighted by molar-refractivity contribution is 5.54. The molecule has 0 atom stereocenters. The molecule has 24 heavy (non-hydrogen) atoms. The van der Waals surface area contributed by atoms with Crippen LogP contribution in [0.2, 0.25) is 0 Å². The first kappa shape index (κ1) is 15.1. The van der Waals surface area contributed by atoms with Gasteiger partial charge < -0.3 is 19.7 Å². The smallest absolute Gasteiger partial charge is 0.161 e. The molecule has 6 nitrogen and oxygen atoms in total. The van der Waals surface area contributed by atoms with Crippen LogP contribution >= 0.6 is 0 Å². The Hall–Kier alpha value is -2.50. The van der Waals surface area contributed by atoms with Gasteiger partial charge in [0.15, 0.2) is 11.5 Å². The number of hydrogen-bond acceptors (Lipinski definition) is 6. The topological polar surface area (TPSA) is 59.5 Å². The zero-order valence-corrected chi connectivity index (χ0v) is 14.1. The number of aromatic nitrogens is 2. The first-order valence-electron chi connectivity index (χ1n) is 8.34. The van der Waals surface area contributed by atoms with E-state index >= 15 is 0 Å². The summed E-state index contributed by atoms with van der Waals surface area (Å²) in [6, 6.07) is 6.80. The van der Waals surface area contributed by atoms with Gasteiger partial charge in [-0.3, -0.25) is 0 Å². The lowest BCUT2D eigenvalue weighted by molar-refractivity contribution is 0.353. The molecule has 2 heterocycles. The van der Waals surface area contributed by atoms with Crippen LogP contribution in [0.25, 0.3) is 0 Å². The van der Waals surface area contributed by atoms with Gasteiger partial charge in [-0.1, -0.05) is 0 Å². The van der Waals surface area contributed by atoms with Crippen LogP contribution in [-0.2, 0) is 13.0 Å². The maximum atomic E-state index is 5.43. The third-order valence-electron chi connectivity index (χ3n) is 4.62. The van der Waals surface area contributed by atoms with Gasteiger partial charge in [0, 0.05) is 25.2 Å². The van der Waals surface area contributed by atoms with Gasteiger partial charge in [-0.2, -0.15) is 0 Å². The Morgan fingerprint density at radius 2 is 1.79 bits per heavy atom. The Balaban J connectivity index is 1.57. The van der Waals surface area contributed by atoms with Crippen molar-refractivity contribution in [1.29, 1.82) is 0 Å². The van der Waals surface area contributed by atoms with E-state index in [1.54, 1.807) is 20.5 Å². The SMILES string of the molecule is COc1cc2c(cc1OC)CN(c1cc(NC3CC3)ncn1)CC2. The van der Waals surface area contributed by atoms with Gasteiger partial charge in [0.05, 0.1) is 14.2 Å². The van der Waals surface area contributed by atoms with E-state index in [-0.39, 0.29) is 0 Å². The molecule has 1 aliphatic carbocycles. The van der Waals surface area contributed by atoms with E-state index in [4.69, 9.17) is 9.47 Å². The van der Waals surface area contributed by atoms with Gasteiger partial charge >= 0.3 is 0 Å². The summed E-state index contributed by atoms with van der Waals surface area (Å²) >= 11 is 0. The van der Waals surface area contributed by atoms with E-state index in [2.05, 4.69) is 32.3 Å². The Morgan fingerprint density at radius 1 is 1.04 bits per heavy atom. The average Bonchev–Trinajstić information content (AvgIpc) is 3.44. The Morgan fingerprint density at radius 3 is 2.50 bits per heavy atom. The quantitative estimate of drug-likeness (QED) is 0.911. The van der Waals surface area contributed by atoms with E-state index < -0.39 is 0 Å². The maximum absolute atomic E-state index is 5.43. The van der Waals surface area contributed by atoms with Gasteiger partial charge in [0.1, 0.15) is 18.0 Å². The van der Waals surface area contributed by atoms with Crippen molar-refractivity contribution in [3.05, 3.63) is 35.7 Å². The molecule has 0 saturated heterocycles. The fourth-order valence-corrected chi connectivity index (χ4v) is 3.11. The minimum atomic E-state index is 0.589. The van der Waals surface area contributed by atoms with Crippen LogP contribution in [0, 0.1) is 0 Å².